The van der Waals surface area contributed by atoms with Crippen LogP contribution >= 0.6 is 0 Å². The lowest BCUT2D eigenvalue weighted by Crippen LogP contribution is -2.45. The van der Waals surface area contributed by atoms with Crippen LogP contribution in [-0.2, 0) is 14.6 Å². The van der Waals surface area contributed by atoms with Gasteiger partial charge in [0.05, 0.1) is 5.75 Å². The molecule has 1 rings (SSSR count). The Morgan fingerprint density at radius 2 is 2.12 bits per heavy atom. The molecule has 1 atom stereocenters. The van der Waals surface area contributed by atoms with E-state index in [-0.39, 0.29) is 23.4 Å². The van der Waals surface area contributed by atoms with Crippen LogP contribution in [0.5, 0.6) is 0 Å². The number of ketones is 1. The lowest BCUT2D eigenvalue weighted by atomic mass is 9.73. The highest BCUT2D eigenvalue weighted by atomic mass is 32.2. The number of carbonyl (C=O) groups excluding carboxylic acids is 1. The van der Waals surface area contributed by atoms with E-state index in [2.05, 4.69) is 12.2 Å². The zero-order valence-corrected chi connectivity index (χ0v) is 11.6. The Hall–Kier alpha value is -0.420. The summed E-state index contributed by atoms with van der Waals surface area (Å²) in [6, 6.07) is 0. The van der Waals surface area contributed by atoms with Gasteiger partial charge in [-0.2, -0.15) is 0 Å². The molecule has 0 aromatic heterocycles. The van der Waals surface area contributed by atoms with Crippen molar-refractivity contribution in [3.8, 4) is 0 Å². The van der Waals surface area contributed by atoms with Crippen LogP contribution in [0.3, 0.4) is 0 Å². The highest BCUT2D eigenvalue weighted by molar-refractivity contribution is 7.90. The summed E-state index contributed by atoms with van der Waals surface area (Å²) in [7, 11) is -3.04. The van der Waals surface area contributed by atoms with Crippen LogP contribution in [0.2, 0.25) is 0 Å². The lowest BCUT2D eigenvalue weighted by molar-refractivity contribution is -0.129. The van der Waals surface area contributed by atoms with Crippen molar-refractivity contribution in [3.05, 3.63) is 0 Å². The molecule has 1 N–H and O–H groups in total. The fourth-order valence-corrected chi connectivity index (χ4v) is 3.14. The molecule has 0 aromatic rings. The second-order valence-corrected chi connectivity index (χ2v) is 7.37. The monoisotopic (exact) mass is 261 g/mol. The molecule has 1 unspecified atom stereocenters. The van der Waals surface area contributed by atoms with Gasteiger partial charge in [0, 0.05) is 24.6 Å². The van der Waals surface area contributed by atoms with Gasteiger partial charge in [-0.05, 0) is 25.8 Å². The van der Waals surface area contributed by atoms with Crippen molar-refractivity contribution >= 4 is 15.6 Å². The third kappa shape index (κ3) is 4.39. The van der Waals surface area contributed by atoms with E-state index < -0.39 is 9.84 Å². The topological polar surface area (TPSA) is 63.2 Å². The predicted molar refractivity (Wildman–Crippen MR) is 68.8 cm³/mol. The maximum absolute atomic E-state index is 12.3. The van der Waals surface area contributed by atoms with Crippen LogP contribution in [0.1, 0.15) is 39.0 Å². The molecule has 1 fully saturated rings. The summed E-state index contributed by atoms with van der Waals surface area (Å²) < 4.78 is 22.2. The van der Waals surface area contributed by atoms with Gasteiger partial charge in [-0.1, -0.05) is 13.3 Å². The Morgan fingerprint density at radius 1 is 1.41 bits per heavy atom. The SMILES string of the molecule is CCCC1(C(=O)CCS(C)(=O)=O)CCCNC1. The van der Waals surface area contributed by atoms with Crippen molar-refractivity contribution in [1.82, 2.24) is 5.32 Å². The van der Waals surface area contributed by atoms with E-state index >= 15 is 0 Å². The first-order valence-corrected chi connectivity index (χ1v) is 8.37. The molecular weight excluding hydrogens is 238 g/mol. The van der Waals surface area contributed by atoms with Gasteiger partial charge in [0.25, 0.3) is 0 Å². The minimum atomic E-state index is -3.04. The number of hydrogen-bond donors (Lipinski definition) is 1. The molecule has 0 amide bonds. The second-order valence-electron chi connectivity index (χ2n) is 5.11. The molecule has 0 aliphatic carbocycles. The van der Waals surface area contributed by atoms with Crippen LogP contribution in [-0.4, -0.2) is 39.3 Å². The summed E-state index contributed by atoms with van der Waals surface area (Å²) in [5.74, 6) is 0.106. The first kappa shape index (κ1) is 14.6. The molecule has 1 aliphatic heterocycles. The summed E-state index contributed by atoms with van der Waals surface area (Å²) in [5, 5.41) is 3.27. The highest BCUT2D eigenvalue weighted by Gasteiger charge is 2.37. The Morgan fingerprint density at radius 3 is 2.59 bits per heavy atom. The van der Waals surface area contributed by atoms with Gasteiger partial charge in [-0.25, -0.2) is 8.42 Å². The van der Waals surface area contributed by atoms with E-state index in [0.717, 1.165) is 32.2 Å². The number of sulfone groups is 1. The van der Waals surface area contributed by atoms with Gasteiger partial charge >= 0.3 is 0 Å². The summed E-state index contributed by atoms with van der Waals surface area (Å²) in [6.07, 6.45) is 5.09. The second kappa shape index (κ2) is 5.96. The third-order valence-electron chi connectivity index (χ3n) is 3.49. The van der Waals surface area contributed by atoms with Gasteiger partial charge in [-0.3, -0.25) is 4.79 Å². The molecular formula is C12H23NO3S. The average Bonchev–Trinajstić information content (AvgIpc) is 2.26. The normalized spacial score (nSPS) is 25.8. The van der Waals surface area contributed by atoms with Crippen molar-refractivity contribution in [1.29, 1.82) is 0 Å². The summed E-state index contributed by atoms with van der Waals surface area (Å²) in [6.45, 7) is 3.74. The fraction of sp³-hybridized carbons (Fsp3) is 0.917. The third-order valence-corrected chi connectivity index (χ3v) is 4.44. The first-order chi connectivity index (χ1) is 7.90. The molecule has 4 nitrogen and oxygen atoms in total. The quantitative estimate of drug-likeness (QED) is 0.779. The van der Waals surface area contributed by atoms with E-state index in [1.54, 1.807) is 0 Å². The molecule has 0 bridgehead atoms. The number of Topliss-reactive ketones (excluding diaryl/α,β-unsaturated/α-hetero) is 1. The molecule has 1 saturated heterocycles. The Kier molecular flexibility index (Phi) is 5.13. The molecule has 0 saturated carbocycles. The standard InChI is InChI=1S/C12H23NO3S/c1-3-6-12(7-4-8-13-10-12)11(14)5-9-17(2,15)16/h13H,3-10H2,1-2H3. The summed E-state index contributed by atoms with van der Waals surface area (Å²) >= 11 is 0. The van der Waals surface area contributed by atoms with Crippen LogP contribution in [0.4, 0.5) is 0 Å². The van der Waals surface area contributed by atoms with E-state index in [9.17, 15) is 13.2 Å². The van der Waals surface area contributed by atoms with Crippen LogP contribution in [0.15, 0.2) is 0 Å². The molecule has 17 heavy (non-hydrogen) atoms. The molecule has 5 heteroatoms. The Bertz CT molecular complexity index is 350. The van der Waals surface area contributed by atoms with Crippen molar-refractivity contribution in [2.24, 2.45) is 5.41 Å². The van der Waals surface area contributed by atoms with Crippen LogP contribution in [0, 0.1) is 5.41 Å². The number of rotatable bonds is 6. The van der Waals surface area contributed by atoms with Gasteiger partial charge in [0.1, 0.15) is 15.6 Å². The van der Waals surface area contributed by atoms with Crippen molar-refractivity contribution in [2.45, 2.75) is 39.0 Å². The van der Waals surface area contributed by atoms with Crippen LogP contribution < -0.4 is 5.32 Å². The number of nitrogens with one attached hydrogen (secondary N) is 1. The summed E-state index contributed by atoms with van der Waals surface area (Å²) in [5.41, 5.74) is -0.308. The minimum absolute atomic E-state index is 0.0166. The zero-order chi connectivity index (χ0) is 12.9. The van der Waals surface area contributed by atoms with E-state index in [1.807, 2.05) is 0 Å². The van der Waals surface area contributed by atoms with Crippen molar-refractivity contribution < 1.29 is 13.2 Å². The van der Waals surface area contributed by atoms with E-state index in [1.165, 1.54) is 6.26 Å². The molecule has 100 valence electrons. The minimum Gasteiger partial charge on any atom is -0.316 e. The largest absolute Gasteiger partial charge is 0.316 e. The smallest absolute Gasteiger partial charge is 0.147 e. The Labute approximate surface area is 104 Å². The first-order valence-electron chi connectivity index (χ1n) is 6.31. The predicted octanol–water partition coefficient (Wildman–Crippen LogP) is 1.16. The zero-order valence-electron chi connectivity index (χ0n) is 10.8. The molecule has 1 aliphatic rings. The number of carbonyl (C=O) groups is 1. The summed E-state index contributed by atoms with van der Waals surface area (Å²) in [4.78, 5) is 12.3. The lowest BCUT2D eigenvalue weighted by Gasteiger charge is -2.36. The van der Waals surface area contributed by atoms with E-state index in [4.69, 9.17) is 0 Å². The van der Waals surface area contributed by atoms with Crippen molar-refractivity contribution in [2.75, 3.05) is 25.1 Å². The van der Waals surface area contributed by atoms with E-state index in [0.29, 0.717) is 6.54 Å². The average molecular weight is 261 g/mol. The van der Waals surface area contributed by atoms with Crippen LogP contribution in [0.25, 0.3) is 0 Å². The Balaban J connectivity index is 2.66. The van der Waals surface area contributed by atoms with Gasteiger partial charge in [0.2, 0.25) is 0 Å². The maximum Gasteiger partial charge on any atom is 0.147 e. The fourth-order valence-electron chi connectivity index (χ4n) is 2.58. The number of piperidine rings is 1. The molecule has 0 spiro atoms. The van der Waals surface area contributed by atoms with Gasteiger partial charge in [-0.15, -0.1) is 0 Å². The highest BCUT2D eigenvalue weighted by Crippen LogP contribution is 2.33. The maximum atomic E-state index is 12.3. The van der Waals surface area contributed by atoms with Crippen molar-refractivity contribution in [3.63, 3.8) is 0 Å². The molecule has 0 aromatic carbocycles. The molecule has 0 radical (unpaired) electrons. The van der Waals surface area contributed by atoms with Gasteiger partial charge < -0.3 is 5.32 Å². The number of hydrogen-bond acceptors (Lipinski definition) is 4. The van der Waals surface area contributed by atoms with Gasteiger partial charge in [0.15, 0.2) is 0 Å². The molecule has 1 heterocycles.